The maximum atomic E-state index is 10.9. The molecule has 1 N–H and O–H groups in total. The molecule has 0 amide bonds. The number of hydrogen-bond acceptors (Lipinski definition) is 3. The van der Waals surface area contributed by atoms with Crippen LogP contribution in [0, 0.1) is 5.92 Å². The van der Waals surface area contributed by atoms with E-state index in [1.54, 1.807) is 0 Å². The van der Waals surface area contributed by atoms with E-state index in [0.29, 0.717) is 12.1 Å². The molecule has 0 aromatic rings. The molecule has 0 radical (unpaired) electrons. The van der Waals surface area contributed by atoms with Crippen LogP contribution in [-0.4, -0.2) is 47.8 Å². The van der Waals surface area contributed by atoms with Gasteiger partial charge in [0.05, 0.1) is 12.6 Å². The van der Waals surface area contributed by atoms with Crippen molar-refractivity contribution >= 4 is 5.97 Å². The third-order valence-electron chi connectivity index (χ3n) is 3.84. The van der Waals surface area contributed by atoms with Gasteiger partial charge in [-0.3, -0.25) is 9.69 Å². The van der Waals surface area contributed by atoms with E-state index >= 15 is 0 Å². The van der Waals surface area contributed by atoms with E-state index in [9.17, 15) is 4.79 Å². The molecule has 0 bridgehead atoms. The summed E-state index contributed by atoms with van der Waals surface area (Å²) in [6.45, 7) is 4.07. The molecule has 0 aromatic carbocycles. The molecule has 1 saturated heterocycles. The lowest BCUT2D eigenvalue weighted by atomic mass is 9.99. The first-order valence-electron chi connectivity index (χ1n) is 6.76. The molecule has 2 atom stereocenters. The highest BCUT2D eigenvalue weighted by Gasteiger charge is 2.32. The van der Waals surface area contributed by atoms with Crippen LogP contribution >= 0.6 is 0 Å². The van der Waals surface area contributed by atoms with Crippen LogP contribution < -0.4 is 0 Å². The van der Waals surface area contributed by atoms with Crippen LogP contribution in [0.3, 0.4) is 0 Å². The summed E-state index contributed by atoms with van der Waals surface area (Å²) in [4.78, 5) is 13.1. The second-order valence-electron chi connectivity index (χ2n) is 5.35. The van der Waals surface area contributed by atoms with Crippen LogP contribution in [0.2, 0.25) is 0 Å². The van der Waals surface area contributed by atoms with Crippen LogP contribution in [0.4, 0.5) is 0 Å². The van der Waals surface area contributed by atoms with Crippen molar-refractivity contribution in [3.63, 3.8) is 0 Å². The predicted molar refractivity (Wildman–Crippen MR) is 65.0 cm³/mol. The minimum Gasteiger partial charge on any atom is -0.480 e. The van der Waals surface area contributed by atoms with Gasteiger partial charge in [-0.15, -0.1) is 0 Å². The molecule has 17 heavy (non-hydrogen) atoms. The molecule has 2 fully saturated rings. The highest BCUT2D eigenvalue weighted by atomic mass is 16.5. The Morgan fingerprint density at radius 3 is 2.76 bits per heavy atom. The number of ether oxygens (including phenoxy) is 1. The van der Waals surface area contributed by atoms with Crippen LogP contribution in [0.5, 0.6) is 0 Å². The van der Waals surface area contributed by atoms with E-state index in [0.717, 1.165) is 38.3 Å². The maximum absolute atomic E-state index is 10.9. The van der Waals surface area contributed by atoms with Gasteiger partial charge in [0, 0.05) is 19.2 Å². The fourth-order valence-corrected chi connectivity index (χ4v) is 2.62. The van der Waals surface area contributed by atoms with Gasteiger partial charge in [0.2, 0.25) is 0 Å². The van der Waals surface area contributed by atoms with Gasteiger partial charge in [-0.2, -0.15) is 0 Å². The number of carboxylic acid groups (broad SMARTS) is 1. The third-order valence-corrected chi connectivity index (χ3v) is 3.84. The van der Waals surface area contributed by atoms with Gasteiger partial charge in [-0.1, -0.05) is 6.92 Å². The quantitative estimate of drug-likeness (QED) is 0.769. The Hall–Kier alpha value is -0.610. The molecule has 1 heterocycles. The Morgan fingerprint density at radius 2 is 2.18 bits per heavy atom. The molecule has 98 valence electrons. The SMILES string of the molecule is CCC1CC(N(CC(=O)O)CC2CC2)CCO1. The number of rotatable bonds is 6. The Labute approximate surface area is 103 Å². The molecule has 2 rings (SSSR count). The fraction of sp³-hybridized carbons (Fsp3) is 0.923. The van der Waals surface area contributed by atoms with Gasteiger partial charge < -0.3 is 9.84 Å². The van der Waals surface area contributed by atoms with E-state index < -0.39 is 5.97 Å². The van der Waals surface area contributed by atoms with Crippen molar-refractivity contribution in [3.05, 3.63) is 0 Å². The number of nitrogens with zero attached hydrogens (tertiary/aromatic N) is 1. The van der Waals surface area contributed by atoms with Crippen molar-refractivity contribution in [1.29, 1.82) is 0 Å². The Kier molecular flexibility index (Phi) is 4.40. The van der Waals surface area contributed by atoms with Crippen LogP contribution in [0.25, 0.3) is 0 Å². The molecule has 1 aliphatic heterocycles. The van der Waals surface area contributed by atoms with Crippen LogP contribution in [0.15, 0.2) is 0 Å². The number of carbonyl (C=O) groups is 1. The Balaban J connectivity index is 1.90. The molecular weight excluding hydrogens is 218 g/mol. The zero-order valence-corrected chi connectivity index (χ0v) is 10.6. The second-order valence-corrected chi connectivity index (χ2v) is 5.35. The third kappa shape index (κ3) is 3.96. The van der Waals surface area contributed by atoms with Gasteiger partial charge >= 0.3 is 5.97 Å². The molecule has 2 aliphatic rings. The molecule has 0 aromatic heterocycles. The van der Waals surface area contributed by atoms with Gasteiger partial charge in [0.1, 0.15) is 0 Å². The van der Waals surface area contributed by atoms with Gasteiger partial charge in [-0.25, -0.2) is 0 Å². The van der Waals surface area contributed by atoms with Crippen molar-refractivity contribution in [2.75, 3.05) is 19.7 Å². The number of hydrogen-bond donors (Lipinski definition) is 1. The zero-order valence-electron chi connectivity index (χ0n) is 10.6. The van der Waals surface area contributed by atoms with Gasteiger partial charge in [-0.05, 0) is 38.0 Å². The summed E-state index contributed by atoms with van der Waals surface area (Å²) in [5.41, 5.74) is 0. The lowest BCUT2D eigenvalue weighted by molar-refractivity contribution is -0.140. The van der Waals surface area contributed by atoms with Crippen molar-refractivity contribution in [2.45, 2.75) is 51.2 Å². The lowest BCUT2D eigenvalue weighted by Gasteiger charge is -2.36. The van der Waals surface area contributed by atoms with Crippen molar-refractivity contribution in [3.8, 4) is 0 Å². The van der Waals surface area contributed by atoms with Crippen molar-refractivity contribution < 1.29 is 14.6 Å². The van der Waals surface area contributed by atoms with Gasteiger partial charge in [0.25, 0.3) is 0 Å². The highest BCUT2D eigenvalue weighted by Crippen LogP contribution is 2.32. The summed E-state index contributed by atoms with van der Waals surface area (Å²) >= 11 is 0. The lowest BCUT2D eigenvalue weighted by Crippen LogP contribution is -2.45. The minimum absolute atomic E-state index is 0.192. The van der Waals surface area contributed by atoms with Crippen molar-refractivity contribution in [2.24, 2.45) is 5.92 Å². The monoisotopic (exact) mass is 241 g/mol. The molecule has 0 spiro atoms. The standard InChI is InChI=1S/C13H23NO3/c1-2-12-7-11(5-6-17-12)14(9-13(15)16)8-10-3-4-10/h10-12H,2-9H2,1H3,(H,15,16). The number of aliphatic carboxylic acids is 1. The number of carboxylic acids is 1. The summed E-state index contributed by atoms with van der Waals surface area (Å²) < 4.78 is 5.66. The summed E-state index contributed by atoms with van der Waals surface area (Å²) in [7, 11) is 0. The molecule has 4 heteroatoms. The first-order chi connectivity index (χ1) is 8.19. The molecule has 1 saturated carbocycles. The van der Waals surface area contributed by atoms with Crippen LogP contribution in [-0.2, 0) is 9.53 Å². The van der Waals surface area contributed by atoms with E-state index in [1.807, 2.05) is 0 Å². The van der Waals surface area contributed by atoms with E-state index in [-0.39, 0.29) is 6.54 Å². The molecule has 2 unspecified atom stereocenters. The van der Waals surface area contributed by atoms with E-state index in [4.69, 9.17) is 9.84 Å². The normalized spacial score (nSPS) is 29.5. The van der Waals surface area contributed by atoms with Gasteiger partial charge in [0.15, 0.2) is 0 Å². The summed E-state index contributed by atoms with van der Waals surface area (Å²) in [5, 5.41) is 9.00. The first kappa shape index (κ1) is 12.8. The Bertz CT molecular complexity index is 265. The minimum atomic E-state index is -0.704. The summed E-state index contributed by atoms with van der Waals surface area (Å²) in [6, 6.07) is 0.408. The highest BCUT2D eigenvalue weighted by molar-refractivity contribution is 5.69. The molecular formula is C13H23NO3. The average molecular weight is 241 g/mol. The predicted octanol–water partition coefficient (Wildman–Crippen LogP) is 1.74. The molecule has 4 nitrogen and oxygen atoms in total. The van der Waals surface area contributed by atoms with Crippen molar-refractivity contribution in [1.82, 2.24) is 4.90 Å². The zero-order chi connectivity index (χ0) is 12.3. The van der Waals surface area contributed by atoms with E-state index in [2.05, 4.69) is 11.8 Å². The fourth-order valence-electron chi connectivity index (χ4n) is 2.62. The molecule has 1 aliphatic carbocycles. The summed E-state index contributed by atoms with van der Waals surface area (Å²) in [5.74, 6) is 0.0439. The topological polar surface area (TPSA) is 49.8 Å². The maximum Gasteiger partial charge on any atom is 0.317 e. The van der Waals surface area contributed by atoms with Crippen LogP contribution in [0.1, 0.15) is 39.0 Å². The largest absolute Gasteiger partial charge is 0.480 e. The summed E-state index contributed by atoms with van der Waals surface area (Å²) in [6.07, 6.45) is 5.88. The smallest absolute Gasteiger partial charge is 0.317 e. The first-order valence-corrected chi connectivity index (χ1v) is 6.76. The second kappa shape index (κ2) is 5.83. The average Bonchev–Trinajstić information content (AvgIpc) is 3.12. The Morgan fingerprint density at radius 1 is 1.41 bits per heavy atom. The van der Waals surface area contributed by atoms with E-state index in [1.165, 1.54) is 12.8 Å².